The molecule has 0 saturated heterocycles. The fourth-order valence-electron chi connectivity index (χ4n) is 0.764. The summed E-state index contributed by atoms with van der Waals surface area (Å²) >= 11 is 0. The standard InChI is InChI=1S/C6H9N3/c1-5-4-8-9(2)6(5)3-7/h3-4,7H,1-2H3. The van der Waals surface area contributed by atoms with Gasteiger partial charge in [-0.1, -0.05) is 0 Å². The van der Waals surface area contributed by atoms with Crippen LogP contribution in [0.1, 0.15) is 11.3 Å². The molecule has 0 aromatic carbocycles. The number of aromatic nitrogens is 2. The average molecular weight is 123 g/mol. The molecule has 0 bridgehead atoms. The summed E-state index contributed by atoms with van der Waals surface area (Å²) in [6.07, 6.45) is 3.06. The van der Waals surface area contributed by atoms with Crippen molar-refractivity contribution < 1.29 is 0 Å². The molecule has 1 aromatic rings. The van der Waals surface area contributed by atoms with Crippen LogP contribution in [0.4, 0.5) is 0 Å². The highest BCUT2D eigenvalue weighted by atomic mass is 15.3. The van der Waals surface area contributed by atoms with Gasteiger partial charge < -0.3 is 5.41 Å². The molecule has 3 nitrogen and oxygen atoms in total. The Kier molecular flexibility index (Phi) is 1.34. The van der Waals surface area contributed by atoms with Gasteiger partial charge in [0.2, 0.25) is 0 Å². The van der Waals surface area contributed by atoms with Crippen LogP contribution < -0.4 is 0 Å². The minimum absolute atomic E-state index is 0.870. The molecular weight excluding hydrogens is 114 g/mol. The van der Waals surface area contributed by atoms with E-state index in [2.05, 4.69) is 5.10 Å². The zero-order chi connectivity index (χ0) is 6.85. The van der Waals surface area contributed by atoms with Crippen molar-refractivity contribution in [1.82, 2.24) is 9.78 Å². The van der Waals surface area contributed by atoms with Gasteiger partial charge in [0.25, 0.3) is 0 Å². The van der Waals surface area contributed by atoms with E-state index in [1.54, 1.807) is 10.9 Å². The topological polar surface area (TPSA) is 41.7 Å². The van der Waals surface area contributed by atoms with E-state index in [0.29, 0.717) is 0 Å². The molecule has 48 valence electrons. The lowest BCUT2D eigenvalue weighted by Gasteiger charge is -1.91. The number of nitrogens with zero attached hydrogens (tertiary/aromatic N) is 2. The van der Waals surface area contributed by atoms with Crippen LogP contribution in [0.15, 0.2) is 6.20 Å². The Balaban J connectivity index is 3.22. The van der Waals surface area contributed by atoms with E-state index in [4.69, 9.17) is 5.41 Å². The van der Waals surface area contributed by atoms with Gasteiger partial charge in [-0.05, 0) is 12.5 Å². The molecule has 9 heavy (non-hydrogen) atoms. The van der Waals surface area contributed by atoms with E-state index >= 15 is 0 Å². The third-order valence-electron chi connectivity index (χ3n) is 1.31. The van der Waals surface area contributed by atoms with E-state index in [9.17, 15) is 0 Å². The van der Waals surface area contributed by atoms with Gasteiger partial charge in [-0.25, -0.2) is 0 Å². The number of rotatable bonds is 1. The van der Waals surface area contributed by atoms with Crippen molar-refractivity contribution in [3.63, 3.8) is 0 Å². The first-order valence-electron chi connectivity index (χ1n) is 2.75. The maximum absolute atomic E-state index is 6.96. The fraction of sp³-hybridized carbons (Fsp3) is 0.333. The van der Waals surface area contributed by atoms with Crippen LogP contribution in [0.5, 0.6) is 0 Å². The van der Waals surface area contributed by atoms with E-state index in [-0.39, 0.29) is 0 Å². The van der Waals surface area contributed by atoms with Gasteiger partial charge in [0, 0.05) is 13.3 Å². The van der Waals surface area contributed by atoms with Crippen molar-refractivity contribution >= 4 is 6.21 Å². The van der Waals surface area contributed by atoms with Crippen molar-refractivity contribution in [1.29, 1.82) is 5.41 Å². The molecule has 0 saturated carbocycles. The summed E-state index contributed by atoms with van der Waals surface area (Å²) in [4.78, 5) is 0. The van der Waals surface area contributed by atoms with Crippen LogP contribution in [0.2, 0.25) is 0 Å². The second kappa shape index (κ2) is 2.01. The number of hydrogen-bond acceptors (Lipinski definition) is 2. The Hall–Kier alpha value is -1.12. The first-order valence-corrected chi connectivity index (χ1v) is 2.75. The summed E-state index contributed by atoms with van der Waals surface area (Å²) < 4.78 is 1.68. The minimum Gasteiger partial charge on any atom is -0.307 e. The summed E-state index contributed by atoms with van der Waals surface area (Å²) in [7, 11) is 1.83. The fourth-order valence-corrected chi connectivity index (χ4v) is 0.764. The zero-order valence-corrected chi connectivity index (χ0v) is 5.55. The molecule has 0 aliphatic rings. The van der Waals surface area contributed by atoms with Crippen LogP contribution in [0.25, 0.3) is 0 Å². The highest BCUT2D eigenvalue weighted by molar-refractivity contribution is 5.76. The van der Waals surface area contributed by atoms with Gasteiger partial charge in [-0.3, -0.25) is 4.68 Å². The van der Waals surface area contributed by atoms with E-state index in [1.165, 1.54) is 6.21 Å². The van der Waals surface area contributed by atoms with Crippen molar-refractivity contribution in [2.24, 2.45) is 7.05 Å². The molecule has 0 amide bonds. The molecule has 3 heteroatoms. The van der Waals surface area contributed by atoms with Crippen LogP contribution in [0, 0.1) is 12.3 Å². The average Bonchev–Trinajstić information content (AvgIpc) is 2.12. The minimum atomic E-state index is 0.870. The third kappa shape index (κ3) is 0.850. The predicted octanol–water partition coefficient (Wildman–Crippen LogP) is 0.726. The smallest absolute Gasteiger partial charge is 0.0811 e. The summed E-state index contributed by atoms with van der Waals surface area (Å²) in [5.74, 6) is 0. The molecule has 0 aliphatic carbocycles. The monoisotopic (exact) mass is 123 g/mol. The molecule has 0 atom stereocenters. The SMILES string of the molecule is Cc1cnn(C)c1C=N. The van der Waals surface area contributed by atoms with Crippen molar-refractivity contribution in [2.45, 2.75) is 6.92 Å². The van der Waals surface area contributed by atoms with Crippen molar-refractivity contribution in [2.75, 3.05) is 0 Å². The number of hydrogen-bond donors (Lipinski definition) is 1. The maximum atomic E-state index is 6.96. The van der Waals surface area contributed by atoms with Crippen molar-refractivity contribution in [3.8, 4) is 0 Å². The summed E-state index contributed by atoms with van der Waals surface area (Å²) in [5.41, 5.74) is 1.92. The van der Waals surface area contributed by atoms with Gasteiger partial charge in [0.05, 0.1) is 11.9 Å². The zero-order valence-electron chi connectivity index (χ0n) is 5.55. The second-order valence-electron chi connectivity index (χ2n) is 1.98. The lowest BCUT2D eigenvalue weighted by atomic mass is 10.3. The molecule has 0 aliphatic heterocycles. The molecule has 0 unspecified atom stereocenters. The van der Waals surface area contributed by atoms with Gasteiger partial charge in [-0.2, -0.15) is 5.10 Å². The largest absolute Gasteiger partial charge is 0.307 e. The second-order valence-corrected chi connectivity index (χ2v) is 1.98. The molecule has 1 aromatic heterocycles. The number of nitrogens with one attached hydrogen (secondary N) is 1. The molecule has 1 heterocycles. The Bertz CT molecular complexity index is 205. The van der Waals surface area contributed by atoms with Gasteiger partial charge in [0.1, 0.15) is 0 Å². The summed E-state index contributed by atoms with van der Waals surface area (Å²) in [6.45, 7) is 1.94. The Morgan fingerprint density at radius 2 is 2.44 bits per heavy atom. The molecular formula is C6H9N3. The Morgan fingerprint density at radius 3 is 2.67 bits per heavy atom. The van der Waals surface area contributed by atoms with Crippen molar-refractivity contribution in [3.05, 3.63) is 17.5 Å². The normalized spacial score (nSPS) is 9.56. The van der Waals surface area contributed by atoms with E-state index in [0.717, 1.165) is 11.3 Å². The lowest BCUT2D eigenvalue weighted by molar-refractivity contribution is 0.761. The Labute approximate surface area is 53.8 Å². The van der Waals surface area contributed by atoms with Gasteiger partial charge in [0.15, 0.2) is 0 Å². The van der Waals surface area contributed by atoms with E-state index in [1.807, 2.05) is 14.0 Å². The van der Waals surface area contributed by atoms with Gasteiger partial charge >= 0.3 is 0 Å². The highest BCUT2D eigenvalue weighted by Crippen LogP contribution is 2.00. The third-order valence-corrected chi connectivity index (χ3v) is 1.31. The molecule has 0 spiro atoms. The Morgan fingerprint density at radius 1 is 1.78 bits per heavy atom. The van der Waals surface area contributed by atoms with Crippen LogP contribution in [-0.2, 0) is 7.05 Å². The lowest BCUT2D eigenvalue weighted by Crippen LogP contribution is -1.96. The predicted molar refractivity (Wildman–Crippen MR) is 35.8 cm³/mol. The van der Waals surface area contributed by atoms with E-state index < -0.39 is 0 Å². The van der Waals surface area contributed by atoms with Crippen LogP contribution in [0.3, 0.4) is 0 Å². The maximum Gasteiger partial charge on any atom is 0.0811 e. The van der Waals surface area contributed by atoms with Crippen LogP contribution >= 0.6 is 0 Å². The first kappa shape index (κ1) is 6.01. The summed E-state index contributed by atoms with van der Waals surface area (Å²) in [6, 6.07) is 0. The molecule has 0 radical (unpaired) electrons. The van der Waals surface area contributed by atoms with Gasteiger partial charge in [-0.15, -0.1) is 0 Å². The summed E-state index contributed by atoms with van der Waals surface area (Å²) in [5, 5.41) is 10.9. The van der Waals surface area contributed by atoms with Crippen LogP contribution in [-0.4, -0.2) is 16.0 Å². The highest BCUT2D eigenvalue weighted by Gasteiger charge is 1.97. The number of aryl methyl sites for hydroxylation is 2. The molecule has 1 N–H and O–H groups in total. The molecule has 0 fully saturated rings. The first-order chi connectivity index (χ1) is 4.25. The quantitative estimate of drug-likeness (QED) is 0.549. The molecule has 1 rings (SSSR count).